The molecular formula is C16H14N2S. The van der Waals surface area contributed by atoms with E-state index in [0.717, 1.165) is 17.6 Å². The minimum Gasteiger partial charge on any atom is -0.389 e. The zero-order chi connectivity index (χ0) is 13.2. The van der Waals surface area contributed by atoms with Gasteiger partial charge in [-0.25, -0.2) is 0 Å². The summed E-state index contributed by atoms with van der Waals surface area (Å²) in [6.07, 6.45) is 2.10. The first kappa shape index (κ1) is 11.9. The molecule has 2 aromatic carbocycles. The highest BCUT2D eigenvalue weighted by molar-refractivity contribution is 7.80. The molecule has 19 heavy (non-hydrogen) atoms. The van der Waals surface area contributed by atoms with E-state index in [1.807, 2.05) is 12.1 Å². The Morgan fingerprint density at radius 3 is 2.58 bits per heavy atom. The van der Waals surface area contributed by atoms with E-state index in [1.165, 1.54) is 10.9 Å². The average molecular weight is 266 g/mol. The highest BCUT2D eigenvalue weighted by Gasteiger charge is 2.04. The van der Waals surface area contributed by atoms with Crippen LogP contribution in [0, 0.1) is 0 Å². The van der Waals surface area contributed by atoms with Crippen LogP contribution < -0.4 is 5.73 Å². The van der Waals surface area contributed by atoms with Gasteiger partial charge in [-0.2, -0.15) is 0 Å². The molecule has 0 unspecified atom stereocenters. The Balaban J connectivity index is 2.04. The van der Waals surface area contributed by atoms with Gasteiger partial charge in [0.05, 0.1) is 0 Å². The second kappa shape index (κ2) is 4.86. The van der Waals surface area contributed by atoms with Crippen molar-refractivity contribution in [3.63, 3.8) is 0 Å². The van der Waals surface area contributed by atoms with Gasteiger partial charge in [-0.15, -0.1) is 0 Å². The van der Waals surface area contributed by atoms with Gasteiger partial charge in [0, 0.05) is 23.8 Å². The molecule has 0 aliphatic heterocycles. The largest absolute Gasteiger partial charge is 0.389 e. The van der Waals surface area contributed by atoms with Crippen LogP contribution >= 0.6 is 12.2 Å². The molecule has 1 aromatic heterocycles. The van der Waals surface area contributed by atoms with Crippen LogP contribution in [-0.4, -0.2) is 9.56 Å². The second-order valence-electron chi connectivity index (χ2n) is 4.57. The van der Waals surface area contributed by atoms with Crippen molar-refractivity contribution in [2.45, 2.75) is 6.54 Å². The number of aromatic nitrogens is 1. The Morgan fingerprint density at radius 2 is 1.84 bits per heavy atom. The van der Waals surface area contributed by atoms with E-state index in [2.05, 4.69) is 53.2 Å². The molecule has 3 heteroatoms. The number of nitrogens with zero attached hydrogens (tertiary/aromatic N) is 1. The van der Waals surface area contributed by atoms with E-state index in [4.69, 9.17) is 18.0 Å². The van der Waals surface area contributed by atoms with Gasteiger partial charge >= 0.3 is 0 Å². The maximum Gasteiger partial charge on any atom is 0.104 e. The summed E-state index contributed by atoms with van der Waals surface area (Å²) in [5.41, 5.74) is 9.05. The van der Waals surface area contributed by atoms with E-state index in [-0.39, 0.29) is 0 Å². The van der Waals surface area contributed by atoms with Crippen molar-refractivity contribution in [2.75, 3.05) is 0 Å². The lowest BCUT2D eigenvalue weighted by molar-refractivity contribution is 0.837. The van der Waals surface area contributed by atoms with E-state index >= 15 is 0 Å². The fourth-order valence-electron chi connectivity index (χ4n) is 2.26. The van der Waals surface area contributed by atoms with Crippen molar-refractivity contribution < 1.29 is 0 Å². The van der Waals surface area contributed by atoms with Crippen molar-refractivity contribution >= 4 is 28.1 Å². The van der Waals surface area contributed by atoms with Gasteiger partial charge in [0.25, 0.3) is 0 Å². The molecular weight excluding hydrogens is 252 g/mol. The van der Waals surface area contributed by atoms with Crippen LogP contribution in [0.25, 0.3) is 10.9 Å². The first-order valence-corrected chi connectivity index (χ1v) is 6.57. The Morgan fingerprint density at radius 1 is 1.05 bits per heavy atom. The quantitative estimate of drug-likeness (QED) is 0.737. The fraction of sp³-hybridized carbons (Fsp3) is 0.0625. The smallest absolute Gasteiger partial charge is 0.104 e. The molecule has 0 aliphatic carbocycles. The topological polar surface area (TPSA) is 30.9 Å². The standard InChI is InChI=1S/C16H14N2S/c17-16(19)14-7-6-13-8-9-18(15(13)10-14)11-12-4-2-1-3-5-12/h1-10H,11H2,(H2,17,19). The first-order valence-electron chi connectivity index (χ1n) is 6.17. The van der Waals surface area contributed by atoms with E-state index in [1.54, 1.807) is 0 Å². The fourth-order valence-corrected chi connectivity index (χ4v) is 2.38. The predicted molar refractivity (Wildman–Crippen MR) is 83.4 cm³/mol. The zero-order valence-corrected chi connectivity index (χ0v) is 11.2. The highest BCUT2D eigenvalue weighted by Crippen LogP contribution is 2.19. The summed E-state index contributed by atoms with van der Waals surface area (Å²) < 4.78 is 2.21. The van der Waals surface area contributed by atoms with Crippen molar-refractivity contribution in [1.29, 1.82) is 0 Å². The van der Waals surface area contributed by atoms with Crippen molar-refractivity contribution in [2.24, 2.45) is 5.73 Å². The van der Waals surface area contributed by atoms with Crippen LogP contribution in [0.4, 0.5) is 0 Å². The third kappa shape index (κ3) is 2.37. The monoisotopic (exact) mass is 266 g/mol. The summed E-state index contributed by atoms with van der Waals surface area (Å²) >= 11 is 5.04. The SMILES string of the molecule is NC(=S)c1ccc2ccn(Cc3ccccc3)c2c1. The lowest BCUT2D eigenvalue weighted by atomic mass is 10.1. The van der Waals surface area contributed by atoms with Crippen LogP contribution in [0.5, 0.6) is 0 Å². The summed E-state index contributed by atoms with van der Waals surface area (Å²) in [7, 11) is 0. The Kier molecular flexibility index (Phi) is 3.05. The maximum absolute atomic E-state index is 5.70. The van der Waals surface area contributed by atoms with Crippen LogP contribution in [0.2, 0.25) is 0 Å². The molecule has 1 heterocycles. The molecule has 0 saturated heterocycles. The summed E-state index contributed by atoms with van der Waals surface area (Å²) in [5, 5.41) is 1.20. The van der Waals surface area contributed by atoms with Gasteiger partial charge in [-0.1, -0.05) is 54.7 Å². The molecule has 2 nitrogen and oxygen atoms in total. The molecule has 0 saturated carbocycles. The van der Waals surface area contributed by atoms with E-state index in [9.17, 15) is 0 Å². The molecule has 3 aromatic rings. The third-order valence-corrected chi connectivity index (χ3v) is 3.49. The molecule has 0 aliphatic rings. The second-order valence-corrected chi connectivity index (χ2v) is 5.01. The number of fused-ring (bicyclic) bond motifs is 1. The van der Waals surface area contributed by atoms with E-state index < -0.39 is 0 Å². The summed E-state index contributed by atoms with van der Waals surface area (Å²) in [4.78, 5) is 0.439. The molecule has 0 amide bonds. The third-order valence-electron chi connectivity index (χ3n) is 3.25. The number of benzene rings is 2. The molecule has 0 atom stereocenters. The van der Waals surface area contributed by atoms with Crippen molar-refractivity contribution in [3.8, 4) is 0 Å². The molecule has 0 radical (unpaired) electrons. The number of hydrogen-bond donors (Lipinski definition) is 1. The maximum atomic E-state index is 5.70. The van der Waals surface area contributed by atoms with Crippen molar-refractivity contribution in [3.05, 3.63) is 71.9 Å². The summed E-state index contributed by atoms with van der Waals surface area (Å²) in [6.45, 7) is 0.852. The molecule has 3 rings (SSSR count). The van der Waals surface area contributed by atoms with Gasteiger partial charge in [-0.3, -0.25) is 0 Å². The summed E-state index contributed by atoms with van der Waals surface area (Å²) in [6, 6.07) is 18.6. The van der Waals surface area contributed by atoms with Crippen LogP contribution in [0.3, 0.4) is 0 Å². The van der Waals surface area contributed by atoms with Gasteiger partial charge in [0.15, 0.2) is 0 Å². The highest BCUT2D eigenvalue weighted by atomic mass is 32.1. The summed E-state index contributed by atoms with van der Waals surface area (Å²) in [5.74, 6) is 0. The van der Waals surface area contributed by atoms with Gasteiger partial charge < -0.3 is 10.3 Å². The molecule has 0 spiro atoms. The Labute approximate surface area is 117 Å². The van der Waals surface area contributed by atoms with Gasteiger partial charge in [0.2, 0.25) is 0 Å². The lowest BCUT2D eigenvalue weighted by Gasteiger charge is -2.07. The van der Waals surface area contributed by atoms with Gasteiger partial charge in [-0.05, 0) is 23.1 Å². The van der Waals surface area contributed by atoms with Gasteiger partial charge in [0.1, 0.15) is 4.99 Å². The molecule has 2 N–H and O–H groups in total. The number of thiocarbonyl (C=S) groups is 1. The minimum absolute atomic E-state index is 0.439. The Hall–Kier alpha value is -2.13. The van der Waals surface area contributed by atoms with Crippen molar-refractivity contribution in [1.82, 2.24) is 4.57 Å². The Bertz CT molecular complexity index is 729. The predicted octanol–water partition coefficient (Wildman–Crippen LogP) is 3.32. The minimum atomic E-state index is 0.439. The van der Waals surface area contributed by atoms with E-state index in [0.29, 0.717) is 4.99 Å². The molecule has 94 valence electrons. The lowest BCUT2D eigenvalue weighted by Crippen LogP contribution is -2.09. The molecule has 0 bridgehead atoms. The average Bonchev–Trinajstić information content (AvgIpc) is 2.82. The molecule has 0 fully saturated rings. The first-order chi connectivity index (χ1) is 9.24. The number of rotatable bonds is 3. The van der Waals surface area contributed by atoms with Crippen LogP contribution in [0.15, 0.2) is 60.8 Å². The van der Waals surface area contributed by atoms with Crippen LogP contribution in [0.1, 0.15) is 11.1 Å². The number of nitrogens with two attached hydrogens (primary N) is 1. The zero-order valence-electron chi connectivity index (χ0n) is 10.4. The van der Waals surface area contributed by atoms with Crippen LogP contribution in [-0.2, 0) is 6.54 Å². The normalized spacial score (nSPS) is 10.7. The number of hydrogen-bond acceptors (Lipinski definition) is 1.